The van der Waals surface area contributed by atoms with Gasteiger partial charge in [0.1, 0.15) is 0 Å². The number of rotatable bonds is 3. The van der Waals surface area contributed by atoms with E-state index in [4.69, 9.17) is 0 Å². The van der Waals surface area contributed by atoms with Gasteiger partial charge in [0, 0.05) is 49.7 Å². The summed E-state index contributed by atoms with van der Waals surface area (Å²) < 4.78 is 0. The summed E-state index contributed by atoms with van der Waals surface area (Å²) in [6.45, 7) is 0. The van der Waals surface area contributed by atoms with Crippen LogP contribution in [0.4, 0.5) is 17.8 Å². The van der Waals surface area contributed by atoms with Crippen molar-refractivity contribution in [2.75, 3.05) is 14.7 Å². The normalized spacial score (nSPS) is 16.3. The van der Waals surface area contributed by atoms with Crippen molar-refractivity contribution < 1.29 is 28.8 Å². The lowest BCUT2D eigenvalue weighted by atomic mass is 9.84. The number of imide groups is 3. The van der Waals surface area contributed by atoms with E-state index < -0.39 is 53.3 Å². The molecule has 51 heavy (non-hydrogen) atoms. The SMILES string of the molecule is O=C1C2=CCCc3cccc(c32)C(=O)N1c1nc(N2C(=O)c3cccc4cccc(c34)C2=O)nc(N2C(=O)c3cccc4cccc(c34)C2=O)n1. The molecule has 0 bridgehead atoms. The fourth-order valence-corrected chi connectivity index (χ4v) is 7.56. The lowest BCUT2D eigenvalue weighted by Crippen LogP contribution is -2.46. The maximum atomic E-state index is 14.2. The van der Waals surface area contributed by atoms with Gasteiger partial charge >= 0.3 is 0 Å². The maximum absolute atomic E-state index is 14.2. The van der Waals surface area contributed by atoms with Gasteiger partial charge in [-0.3, -0.25) is 28.8 Å². The fourth-order valence-electron chi connectivity index (χ4n) is 7.56. The van der Waals surface area contributed by atoms with E-state index in [-0.39, 0.29) is 33.4 Å². The van der Waals surface area contributed by atoms with Crippen molar-refractivity contribution >= 4 is 80.4 Å². The van der Waals surface area contributed by atoms with E-state index in [0.29, 0.717) is 49.7 Å². The van der Waals surface area contributed by atoms with E-state index in [2.05, 4.69) is 15.0 Å². The molecule has 0 unspecified atom stereocenters. The summed E-state index contributed by atoms with van der Waals surface area (Å²) in [5.74, 6) is -6.32. The molecule has 3 aliphatic heterocycles. The highest BCUT2D eigenvalue weighted by Crippen LogP contribution is 2.39. The summed E-state index contributed by atoms with van der Waals surface area (Å²) in [5, 5.41) is 2.24. The number of aryl methyl sites for hydroxylation is 1. The van der Waals surface area contributed by atoms with Crippen LogP contribution in [0.15, 0.2) is 97.1 Å². The number of aromatic nitrogens is 3. The lowest BCUT2D eigenvalue weighted by molar-refractivity contribution is -0.113. The smallest absolute Gasteiger partial charge is 0.268 e. The third-order valence-corrected chi connectivity index (χ3v) is 9.79. The van der Waals surface area contributed by atoms with Gasteiger partial charge in [0.2, 0.25) is 17.8 Å². The van der Waals surface area contributed by atoms with Crippen LogP contribution >= 0.6 is 0 Å². The lowest BCUT2D eigenvalue weighted by Gasteiger charge is -2.32. The summed E-state index contributed by atoms with van der Waals surface area (Å²) in [7, 11) is 0. The molecule has 6 aromatic rings. The Hall–Kier alpha value is -7.21. The van der Waals surface area contributed by atoms with Crippen molar-refractivity contribution in [1.82, 2.24) is 15.0 Å². The molecule has 5 aromatic carbocycles. The predicted octanol–water partition coefficient (Wildman–Crippen LogP) is 5.30. The molecule has 12 nitrogen and oxygen atoms in total. The summed E-state index contributed by atoms with van der Waals surface area (Å²) in [6.07, 6.45) is 2.94. The molecule has 0 saturated heterocycles. The molecule has 1 aromatic heterocycles. The van der Waals surface area contributed by atoms with E-state index in [1.165, 1.54) is 0 Å². The first-order valence-electron chi connectivity index (χ1n) is 16.1. The van der Waals surface area contributed by atoms with E-state index in [9.17, 15) is 28.8 Å². The van der Waals surface area contributed by atoms with Gasteiger partial charge in [-0.15, -0.1) is 0 Å². The summed E-state index contributed by atoms with van der Waals surface area (Å²) in [6, 6.07) is 25.2. The molecule has 0 saturated carbocycles. The standard InChI is InChI=1S/C39H20N6O6/c46-31-22-13-1-7-19-8-2-14-23(28(19)22)32(47)43(31)37-40-38(44-33(48)24-15-3-9-20-10-4-16-25(29(20)24)34(44)49)42-39(41-37)45-35(50)26-17-5-11-21-12-6-18-27(30(21)26)36(45)51/h1-5,7-11,13-18H,6,12H2. The van der Waals surface area contributed by atoms with Gasteiger partial charge in [-0.1, -0.05) is 66.7 Å². The summed E-state index contributed by atoms with van der Waals surface area (Å²) in [4.78, 5) is 100. The van der Waals surface area contributed by atoms with E-state index in [1.54, 1.807) is 91.0 Å². The molecule has 10 rings (SSSR count). The second kappa shape index (κ2) is 10.2. The number of amides is 6. The Morgan fingerprint density at radius 2 is 0.804 bits per heavy atom. The van der Waals surface area contributed by atoms with Crippen molar-refractivity contribution in [2.24, 2.45) is 0 Å². The minimum Gasteiger partial charge on any atom is -0.268 e. The fraction of sp³-hybridized carbons (Fsp3) is 0.0513. The number of hydrogen-bond acceptors (Lipinski definition) is 9. The Labute approximate surface area is 287 Å². The monoisotopic (exact) mass is 668 g/mol. The van der Waals surface area contributed by atoms with Gasteiger partial charge in [0.15, 0.2) is 0 Å². The molecule has 0 spiro atoms. The molecular weight excluding hydrogens is 648 g/mol. The quantitative estimate of drug-likeness (QED) is 0.229. The number of allylic oxidation sites excluding steroid dienone is 1. The molecule has 12 heteroatoms. The zero-order chi connectivity index (χ0) is 34.7. The van der Waals surface area contributed by atoms with Crippen LogP contribution in [0.3, 0.4) is 0 Å². The first kappa shape index (κ1) is 28.8. The Kier molecular flexibility index (Phi) is 5.73. The zero-order valence-electron chi connectivity index (χ0n) is 26.3. The minimum atomic E-state index is -0.778. The van der Waals surface area contributed by atoms with Gasteiger partial charge in [0.05, 0.1) is 0 Å². The topological polar surface area (TPSA) is 151 Å². The number of nitrogens with zero attached hydrogens (tertiary/aromatic N) is 6. The van der Waals surface area contributed by atoms with Gasteiger partial charge in [-0.05, 0) is 59.5 Å². The summed E-state index contributed by atoms with van der Waals surface area (Å²) in [5.41, 5.74) is 2.64. The zero-order valence-corrected chi connectivity index (χ0v) is 26.3. The third kappa shape index (κ3) is 3.80. The second-order valence-electron chi connectivity index (χ2n) is 12.5. The Morgan fingerprint density at radius 1 is 0.431 bits per heavy atom. The molecule has 0 atom stereocenters. The molecule has 0 radical (unpaired) electrons. The van der Waals surface area contributed by atoms with Crippen LogP contribution in [0, 0.1) is 0 Å². The molecule has 4 heterocycles. The van der Waals surface area contributed by atoms with E-state index >= 15 is 0 Å². The molecule has 0 fully saturated rings. The van der Waals surface area contributed by atoms with Crippen LogP contribution in [0.25, 0.3) is 27.1 Å². The summed E-state index contributed by atoms with van der Waals surface area (Å²) >= 11 is 0. The highest BCUT2D eigenvalue weighted by atomic mass is 16.2. The van der Waals surface area contributed by atoms with Gasteiger partial charge in [-0.25, -0.2) is 14.7 Å². The Morgan fingerprint density at radius 3 is 1.25 bits per heavy atom. The van der Waals surface area contributed by atoms with Crippen LogP contribution in [0.1, 0.15) is 69.3 Å². The average molecular weight is 669 g/mol. The van der Waals surface area contributed by atoms with Crippen molar-refractivity contribution in [3.63, 3.8) is 0 Å². The molecule has 4 aliphatic rings. The molecular formula is C39H20N6O6. The number of carbonyl (C=O) groups excluding carboxylic acids is 6. The van der Waals surface area contributed by atoms with Crippen LogP contribution in [-0.2, 0) is 11.2 Å². The van der Waals surface area contributed by atoms with Crippen LogP contribution in [0.2, 0.25) is 0 Å². The van der Waals surface area contributed by atoms with Crippen molar-refractivity contribution in [1.29, 1.82) is 0 Å². The first-order chi connectivity index (χ1) is 24.8. The first-order valence-corrected chi connectivity index (χ1v) is 16.1. The van der Waals surface area contributed by atoms with E-state index in [0.717, 1.165) is 10.5 Å². The largest absolute Gasteiger partial charge is 0.268 e. The van der Waals surface area contributed by atoms with Gasteiger partial charge in [0.25, 0.3) is 35.4 Å². The Balaban J connectivity index is 1.20. The average Bonchev–Trinajstić information content (AvgIpc) is 3.15. The highest BCUT2D eigenvalue weighted by Gasteiger charge is 2.44. The third-order valence-electron chi connectivity index (χ3n) is 9.79. The predicted molar refractivity (Wildman–Crippen MR) is 185 cm³/mol. The van der Waals surface area contributed by atoms with Crippen LogP contribution < -0.4 is 14.7 Å². The molecule has 0 N–H and O–H groups in total. The molecule has 1 aliphatic carbocycles. The number of hydrogen-bond donors (Lipinski definition) is 0. The van der Waals surface area contributed by atoms with E-state index in [1.807, 2.05) is 6.07 Å². The van der Waals surface area contributed by atoms with Gasteiger partial charge in [-0.2, -0.15) is 15.0 Å². The van der Waals surface area contributed by atoms with Crippen LogP contribution in [-0.4, -0.2) is 50.4 Å². The van der Waals surface area contributed by atoms with Gasteiger partial charge < -0.3 is 0 Å². The minimum absolute atomic E-state index is 0.191. The highest BCUT2D eigenvalue weighted by molar-refractivity contribution is 6.41. The van der Waals surface area contributed by atoms with Crippen molar-refractivity contribution in [3.8, 4) is 0 Å². The Bertz CT molecular complexity index is 2520. The number of benzene rings is 5. The molecule has 242 valence electrons. The van der Waals surface area contributed by atoms with Crippen LogP contribution in [0.5, 0.6) is 0 Å². The number of anilines is 3. The molecule has 6 amide bonds. The van der Waals surface area contributed by atoms with Crippen molar-refractivity contribution in [3.05, 3.63) is 136 Å². The second-order valence-corrected chi connectivity index (χ2v) is 12.5. The maximum Gasteiger partial charge on any atom is 0.268 e. The number of carbonyl (C=O) groups is 6. The van der Waals surface area contributed by atoms with Crippen molar-refractivity contribution in [2.45, 2.75) is 12.8 Å².